The summed E-state index contributed by atoms with van der Waals surface area (Å²) in [6.45, 7) is -0.571. The van der Waals surface area contributed by atoms with E-state index in [0.717, 1.165) is 24.3 Å². The van der Waals surface area contributed by atoms with Crippen LogP contribution in [0.3, 0.4) is 0 Å². The smallest absolute Gasteiger partial charge is 0.239 e. The molecular formula is C21H20O11. The van der Waals surface area contributed by atoms with E-state index in [9.17, 15) is 40.5 Å². The molecule has 0 amide bonds. The summed E-state index contributed by atoms with van der Waals surface area (Å²) in [6, 6.07) is 5.57. The Morgan fingerprint density at radius 1 is 0.969 bits per heavy atom. The van der Waals surface area contributed by atoms with E-state index in [2.05, 4.69) is 0 Å². The van der Waals surface area contributed by atoms with Gasteiger partial charge in [0.25, 0.3) is 0 Å². The number of phenols is 4. The van der Waals surface area contributed by atoms with E-state index in [1.807, 2.05) is 0 Å². The minimum absolute atomic E-state index is 0.0844. The van der Waals surface area contributed by atoms with E-state index < -0.39 is 59.6 Å². The van der Waals surface area contributed by atoms with Gasteiger partial charge >= 0.3 is 0 Å². The number of aromatic hydroxyl groups is 4. The Balaban J connectivity index is 1.90. The van der Waals surface area contributed by atoms with Gasteiger partial charge in [0.1, 0.15) is 34.7 Å². The molecule has 11 heteroatoms. The minimum atomic E-state index is -1.49. The Morgan fingerprint density at radius 3 is 2.41 bits per heavy atom. The second kappa shape index (κ2) is 8.20. The largest absolute Gasteiger partial charge is 0.508 e. The number of aliphatic hydroxyl groups excluding tert-OH is 3. The molecule has 170 valence electrons. The van der Waals surface area contributed by atoms with Gasteiger partial charge in [0.05, 0.1) is 12.7 Å². The van der Waals surface area contributed by atoms with E-state index in [1.54, 1.807) is 0 Å². The molecule has 0 aliphatic carbocycles. The van der Waals surface area contributed by atoms with Crippen LogP contribution < -0.4 is 10.2 Å². The summed E-state index contributed by atoms with van der Waals surface area (Å²) in [7, 11) is 0. The molecule has 1 saturated heterocycles. The number of fused-ring (bicyclic) bond motifs is 1. The van der Waals surface area contributed by atoms with Crippen molar-refractivity contribution >= 4 is 11.0 Å². The maximum Gasteiger partial charge on any atom is 0.239 e. The van der Waals surface area contributed by atoms with Gasteiger partial charge in [-0.25, -0.2) is 0 Å². The Hall–Kier alpha value is -3.51. The number of aliphatic hydroxyl groups is 3. The summed E-state index contributed by atoms with van der Waals surface area (Å²) in [5.41, 5.74) is -0.994. The van der Waals surface area contributed by atoms with Gasteiger partial charge < -0.3 is 49.6 Å². The molecule has 11 nitrogen and oxygen atoms in total. The molecule has 1 aromatic heterocycles. The van der Waals surface area contributed by atoms with E-state index >= 15 is 0 Å². The van der Waals surface area contributed by atoms with Gasteiger partial charge in [0.2, 0.25) is 17.5 Å². The first kappa shape index (κ1) is 21.7. The average Bonchev–Trinajstić information content (AvgIpc) is 2.73. The lowest BCUT2D eigenvalue weighted by Gasteiger charge is -2.36. The topological polar surface area (TPSA) is 190 Å². The number of hydrogen-bond acceptors (Lipinski definition) is 11. The van der Waals surface area contributed by atoms with Crippen LogP contribution >= 0.6 is 0 Å². The first-order valence-corrected chi connectivity index (χ1v) is 9.53. The average molecular weight is 448 g/mol. The van der Waals surface area contributed by atoms with Crippen LogP contribution in [0.5, 0.6) is 28.7 Å². The molecule has 4 atom stereocenters. The normalized spacial score (nSPS) is 23.3. The molecule has 1 aliphatic heterocycles. The highest BCUT2D eigenvalue weighted by molar-refractivity contribution is 5.88. The summed E-state index contributed by atoms with van der Waals surface area (Å²) in [5.74, 6) is -2.69. The predicted octanol–water partition coefficient (Wildman–Crippen LogP) is 0.490. The molecule has 2 unspecified atom stereocenters. The first-order chi connectivity index (χ1) is 15.2. The van der Waals surface area contributed by atoms with Crippen LogP contribution in [0.4, 0.5) is 0 Å². The fraction of sp³-hybridized carbons (Fsp3) is 0.286. The molecule has 3 aromatic rings. The molecular weight excluding hydrogens is 428 g/mol. The Labute approximate surface area is 179 Å². The molecule has 0 spiro atoms. The van der Waals surface area contributed by atoms with Crippen molar-refractivity contribution in [1.29, 1.82) is 0 Å². The lowest BCUT2D eigenvalue weighted by Crippen LogP contribution is -2.51. The molecule has 2 aromatic carbocycles. The van der Waals surface area contributed by atoms with Crippen molar-refractivity contribution in [3.8, 4) is 40.1 Å². The Bertz CT molecular complexity index is 1220. The monoisotopic (exact) mass is 448 g/mol. The number of benzene rings is 2. The third kappa shape index (κ3) is 3.78. The molecule has 0 bridgehead atoms. The summed E-state index contributed by atoms with van der Waals surface area (Å²) in [6.07, 6.45) is -5.31. The minimum Gasteiger partial charge on any atom is -0.508 e. The second-order valence-electron chi connectivity index (χ2n) is 7.34. The van der Waals surface area contributed by atoms with Crippen molar-refractivity contribution in [2.24, 2.45) is 0 Å². The van der Waals surface area contributed by atoms with Crippen LogP contribution in [0.2, 0.25) is 0 Å². The molecule has 4 rings (SSSR count). The standard InChI is InChI=1S/C21H20O11/c22-7-16-12(26)6-14(28)21(31-16)32-20-18(29)17-13(27)4-9(23)5-15(17)30-19(20)8-1-2-10(24)11(25)3-8/h1-5,12,14,16,21-28H,6-7H2/t12?,14?,16-,21+/m1/s1. The first-order valence-electron chi connectivity index (χ1n) is 9.53. The predicted molar refractivity (Wildman–Crippen MR) is 108 cm³/mol. The third-order valence-electron chi connectivity index (χ3n) is 5.10. The van der Waals surface area contributed by atoms with E-state index in [1.165, 1.54) is 6.07 Å². The van der Waals surface area contributed by atoms with Gasteiger partial charge in [0, 0.05) is 24.1 Å². The van der Waals surface area contributed by atoms with Crippen LogP contribution in [0, 0.1) is 0 Å². The molecule has 2 heterocycles. The summed E-state index contributed by atoms with van der Waals surface area (Å²) in [5, 5.41) is 68.6. The van der Waals surface area contributed by atoms with Crippen molar-refractivity contribution in [1.82, 2.24) is 0 Å². The van der Waals surface area contributed by atoms with Gasteiger partial charge in [-0.3, -0.25) is 4.79 Å². The number of hydrogen-bond donors (Lipinski definition) is 7. The molecule has 0 saturated carbocycles. The number of ether oxygens (including phenoxy) is 2. The van der Waals surface area contributed by atoms with E-state index in [0.29, 0.717) is 0 Å². The Kier molecular flexibility index (Phi) is 5.57. The number of phenolic OH excluding ortho intramolecular Hbond substituents is 4. The lowest BCUT2D eigenvalue weighted by atomic mass is 10.0. The van der Waals surface area contributed by atoms with Gasteiger partial charge in [-0.1, -0.05) is 0 Å². The van der Waals surface area contributed by atoms with Crippen LogP contribution in [0.1, 0.15) is 6.42 Å². The SMILES string of the molecule is O=c1c(O[C@@H]2O[C@H](CO)C(O)CC2O)c(-c2ccc(O)c(O)c2)oc2cc(O)cc(O)c12. The van der Waals surface area contributed by atoms with Gasteiger partial charge in [-0.2, -0.15) is 0 Å². The highest BCUT2D eigenvalue weighted by Crippen LogP contribution is 2.39. The fourth-order valence-electron chi connectivity index (χ4n) is 3.48. The van der Waals surface area contributed by atoms with Crippen LogP contribution in [-0.2, 0) is 4.74 Å². The molecule has 1 aliphatic rings. The maximum absolute atomic E-state index is 13.2. The van der Waals surface area contributed by atoms with Crippen molar-refractivity contribution in [2.45, 2.75) is 31.0 Å². The highest BCUT2D eigenvalue weighted by Gasteiger charge is 2.38. The maximum atomic E-state index is 13.2. The zero-order chi connectivity index (χ0) is 23.2. The van der Waals surface area contributed by atoms with Crippen molar-refractivity contribution in [2.75, 3.05) is 6.61 Å². The van der Waals surface area contributed by atoms with E-state index in [-0.39, 0.29) is 34.5 Å². The van der Waals surface area contributed by atoms with Crippen molar-refractivity contribution in [3.05, 3.63) is 40.6 Å². The highest BCUT2D eigenvalue weighted by atomic mass is 16.7. The lowest BCUT2D eigenvalue weighted by molar-refractivity contribution is -0.240. The molecule has 1 fully saturated rings. The molecule has 32 heavy (non-hydrogen) atoms. The van der Waals surface area contributed by atoms with Gasteiger partial charge in [-0.15, -0.1) is 0 Å². The van der Waals surface area contributed by atoms with Crippen molar-refractivity contribution in [3.63, 3.8) is 0 Å². The summed E-state index contributed by atoms with van der Waals surface area (Å²) in [4.78, 5) is 13.2. The fourth-order valence-corrected chi connectivity index (χ4v) is 3.48. The van der Waals surface area contributed by atoms with Crippen LogP contribution in [0.25, 0.3) is 22.3 Å². The Morgan fingerprint density at radius 2 is 1.72 bits per heavy atom. The zero-order valence-corrected chi connectivity index (χ0v) is 16.4. The third-order valence-corrected chi connectivity index (χ3v) is 5.10. The number of rotatable bonds is 4. The molecule has 0 radical (unpaired) electrons. The quantitative estimate of drug-likeness (QED) is 0.275. The van der Waals surface area contributed by atoms with Gasteiger partial charge in [-0.05, 0) is 18.2 Å². The zero-order valence-electron chi connectivity index (χ0n) is 16.4. The van der Waals surface area contributed by atoms with Crippen molar-refractivity contribution < 1.29 is 49.6 Å². The van der Waals surface area contributed by atoms with E-state index in [4.69, 9.17) is 13.9 Å². The summed E-state index contributed by atoms with van der Waals surface area (Å²) >= 11 is 0. The summed E-state index contributed by atoms with van der Waals surface area (Å²) < 4.78 is 16.7. The molecule has 7 N–H and O–H groups in total. The second-order valence-corrected chi connectivity index (χ2v) is 7.34. The van der Waals surface area contributed by atoms with Crippen LogP contribution in [0.15, 0.2) is 39.5 Å². The van der Waals surface area contributed by atoms with Gasteiger partial charge in [0.15, 0.2) is 17.3 Å². The van der Waals surface area contributed by atoms with Crippen LogP contribution in [-0.4, -0.2) is 67.0 Å².